The maximum atomic E-state index is 13.6. The van der Waals surface area contributed by atoms with Crippen molar-refractivity contribution in [1.82, 2.24) is 9.80 Å². The van der Waals surface area contributed by atoms with Gasteiger partial charge in [-0.05, 0) is 13.0 Å². The van der Waals surface area contributed by atoms with Gasteiger partial charge in [0.15, 0.2) is 17.5 Å². The van der Waals surface area contributed by atoms with Crippen LogP contribution in [0.15, 0.2) is 23.4 Å². The van der Waals surface area contributed by atoms with E-state index in [-0.39, 0.29) is 11.9 Å². The van der Waals surface area contributed by atoms with Crippen LogP contribution in [0.1, 0.15) is 12.5 Å². The van der Waals surface area contributed by atoms with Crippen LogP contribution in [0.25, 0.3) is 0 Å². The van der Waals surface area contributed by atoms with Gasteiger partial charge in [0.05, 0.1) is 6.04 Å². The van der Waals surface area contributed by atoms with Gasteiger partial charge in [0.25, 0.3) is 0 Å². The summed E-state index contributed by atoms with van der Waals surface area (Å²) in [6.45, 7) is 5.16. The Balaban J connectivity index is 1.91. The molecule has 7 heteroatoms. The smallest absolute Gasteiger partial charge is 0.163 e. The minimum Gasteiger partial charge on any atom is -0.409 e. The van der Waals surface area contributed by atoms with Gasteiger partial charge >= 0.3 is 0 Å². The van der Waals surface area contributed by atoms with Gasteiger partial charge in [-0.25, -0.2) is 8.78 Å². The zero-order valence-electron chi connectivity index (χ0n) is 12.0. The fourth-order valence-corrected chi connectivity index (χ4v) is 2.49. The number of hydrogen-bond acceptors (Lipinski definition) is 4. The fraction of sp³-hybridized carbons (Fsp3) is 0.500. The van der Waals surface area contributed by atoms with E-state index < -0.39 is 11.6 Å². The largest absolute Gasteiger partial charge is 0.409 e. The Morgan fingerprint density at radius 1 is 1.33 bits per heavy atom. The van der Waals surface area contributed by atoms with Crippen molar-refractivity contribution < 1.29 is 14.0 Å². The number of piperazine rings is 1. The third-order valence-corrected chi connectivity index (χ3v) is 3.92. The molecule has 1 saturated heterocycles. The van der Waals surface area contributed by atoms with E-state index in [1.165, 1.54) is 6.07 Å². The minimum absolute atomic E-state index is 0.136. The number of oxime groups is 1. The molecule has 0 aromatic heterocycles. The summed E-state index contributed by atoms with van der Waals surface area (Å²) >= 11 is 0. The molecule has 5 nitrogen and oxygen atoms in total. The van der Waals surface area contributed by atoms with Crippen molar-refractivity contribution in [3.8, 4) is 0 Å². The van der Waals surface area contributed by atoms with Crippen LogP contribution in [-0.2, 0) is 6.54 Å². The molecule has 0 saturated carbocycles. The third-order valence-electron chi connectivity index (χ3n) is 3.92. The molecule has 2 rings (SSSR count). The lowest BCUT2D eigenvalue weighted by atomic mass is 10.1. The molecule has 21 heavy (non-hydrogen) atoms. The van der Waals surface area contributed by atoms with Gasteiger partial charge in [0, 0.05) is 38.3 Å². The predicted molar refractivity (Wildman–Crippen MR) is 76.1 cm³/mol. The lowest BCUT2D eigenvalue weighted by Gasteiger charge is -2.37. The van der Waals surface area contributed by atoms with Gasteiger partial charge in [-0.2, -0.15) is 0 Å². The lowest BCUT2D eigenvalue weighted by Crippen LogP contribution is -2.52. The second-order valence-electron chi connectivity index (χ2n) is 5.23. The fourth-order valence-electron chi connectivity index (χ4n) is 2.49. The van der Waals surface area contributed by atoms with Crippen LogP contribution < -0.4 is 5.73 Å². The first-order chi connectivity index (χ1) is 10.0. The van der Waals surface area contributed by atoms with E-state index in [1.807, 2.05) is 6.92 Å². The van der Waals surface area contributed by atoms with E-state index >= 15 is 0 Å². The van der Waals surface area contributed by atoms with Gasteiger partial charge in [0.1, 0.15) is 0 Å². The van der Waals surface area contributed by atoms with Crippen LogP contribution in [0.2, 0.25) is 0 Å². The molecule has 3 N–H and O–H groups in total. The van der Waals surface area contributed by atoms with Gasteiger partial charge in [-0.1, -0.05) is 17.3 Å². The van der Waals surface area contributed by atoms with E-state index in [0.717, 1.165) is 32.2 Å². The van der Waals surface area contributed by atoms with Crippen LogP contribution in [-0.4, -0.2) is 53.1 Å². The van der Waals surface area contributed by atoms with E-state index in [4.69, 9.17) is 10.9 Å². The molecule has 0 spiro atoms. The first-order valence-corrected chi connectivity index (χ1v) is 6.89. The van der Waals surface area contributed by atoms with E-state index in [0.29, 0.717) is 12.1 Å². The van der Waals surface area contributed by atoms with Crippen LogP contribution in [0.3, 0.4) is 0 Å². The Morgan fingerprint density at radius 3 is 2.62 bits per heavy atom. The molecule has 1 atom stereocenters. The minimum atomic E-state index is -0.813. The Labute approximate surface area is 122 Å². The van der Waals surface area contributed by atoms with Gasteiger partial charge in [-0.3, -0.25) is 9.80 Å². The Morgan fingerprint density at radius 2 is 2.00 bits per heavy atom. The molecule has 1 aliphatic heterocycles. The number of hydrogen-bond donors (Lipinski definition) is 2. The average molecular weight is 298 g/mol. The highest BCUT2D eigenvalue weighted by Crippen LogP contribution is 2.15. The second kappa shape index (κ2) is 6.82. The molecule has 1 aromatic carbocycles. The summed E-state index contributed by atoms with van der Waals surface area (Å²) < 4.78 is 26.8. The first kappa shape index (κ1) is 15.7. The van der Waals surface area contributed by atoms with E-state index in [2.05, 4.69) is 15.0 Å². The van der Waals surface area contributed by atoms with Crippen molar-refractivity contribution in [2.45, 2.75) is 19.5 Å². The second-order valence-corrected chi connectivity index (χ2v) is 5.23. The Hall–Kier alpha value is -1.73. The molecule has 116 valence electrons. The summed E-state index contributed by atoms with van der Waals surface area (Å²) in [5.74, 6) is -1.41. The van der Waals surface area contributed by atoms with Crippen molar-refractivity contribution in [2.75, 3.05) is 26.2 Å². The Bertz CT molecular complexity index is 516. The van der Waals surface area contributed by atoms with Crippen molar-refractivity contribution in [3.05, 3.63) is 35.4 Å². The van der Waals surface area contributed by atoms with E-state index in [9.17, 15) is 8.78 Å². The molecule has 1 aromatic rings. The highest BCUT2D eigenvalue weighted by atomic mass is 19.2. The molecule has 0 radical (unpaired) electrons. The van der Waals surface area contributed by atoms with E-state index in [1.54, 1.807) is 6.07 Å². The summed E-state index contributed by atoms with van der Waals surface area (Å²) in [6.07, 6.45) is 0. The molecule has 0 aliphatic carbocycles. The van der Waals surface area contributed by atoms with Crippen LogP contribution >= 0.6 is 0 Å². The van der Waals surface area contributed by atoms with Crippen LogP contribution in [0.5, 0.6) is 0 Å². The summed E-state index contributed by atoms with van der Waals surface area (Å²) in [5.41, 5.74) is 5.96. The number of rotatable bonds is 4. The lowest BCUT2D eigenvalue weighted by molar-refractivity contribution is 0.115. The summed E-state index contributed by atoms with van der Waals surface area (Å²) in [6, 6.07) is 4.10. The number of amidine groups is 1. The van der Waals surface area contributed by atoms with Crippen LogP contribution in [0.4, 0.5) is 8.78 Å². The summed E-state index contributed by atoms with van der Waals surface area (Å²) in [4.78, 5) is 4.15. The number of halogens is 2. The highest BCUT2D eigenvalue weighted by Gasteiger charge is 2.24. The molecule has 0 bridgehead atoms. The third kappa shape index (κ3) is 3.68. The maximum absolute atomic E-state index is 13.6. The van der Waals surface area contributed by atoms with Gasteiger partial charge in [-0.15, -0.1) is 0 Å². The van der Waals surface area contributed by atoms with Crippen molar-refractivity contribution in [2.24, 2.45) is 10.9 Å². The molecular formula is C14H20F2N4O. The molecule has 1 aliphatic rings. The molecule has 1 heterocycles. The number of nitrogens with two attached hydrogens (primary N) is 1. The predicted octanol–water partition coefficient (Wildman–Crippen LogP) is 1.22. The molecule has 1 fully saturated rings. The zero-order valence-corrected chi connectivity index (χ0v) is 12.0. The first-order valence-electron chi connectivity index (χ1n) is 6.89. The quantitative estimate of drug-likeness (QED) is 0.380. The molecule has 1 unspecified atom stereocenters. The zero-order chi connectivity index (χ0) is 15.4. The van der Waals surface area contributed by atoms with Crippen molar-refractivity contribution in [3.63, 3.8) is 0 Å². The summed E-state index contributed by atoms with van der Waals surface area (Å²) in [7, 11) is 0. The molecular weight excluding hydrogens is 278 g/mol. The molecule has 0 amide bonds. The van der Waals surface area contributed by atoms with Crippen LogP contribution in [0, 0.1) is 11.6 Å². The average Bonchev–Trinajstić information content (AvgIpc) is 2.51. The van der Waals surface area contributed by atoms with Crippen molar-refractivity contribution >= 4 is 5.84 Å². The Kier molecular flexibility index (Phi) is 5.08. The van der Waals surface area contributed by atoms with Gasteiger partial charge in [0.2, 0.25) is 0 Å². The topological polar surface area (TPSA) is 65.1 Å². The van der Waals surface area contributed by atoms with Gasteiger partial charge < -0.3 is 10.9 Å². The monoisotopic (exact) mass is 298 g/mol. The number of benzene rings is 1. The summed E-state index contributed by atoms with van der Waals surface area (Å²) in [5, 5.41) is 11.7. The standard InChI is InChI=1S/C14H20F2N4O/c1-10(14(17)18-21)20-7-5-19(6-8-20)9-11-3-2-4-12(15)13(11)16/h2-4,10,21H,5-9H2,1H3,(H2,17,18). The highest BCUT2D eigenvalue weighted by molar-refractivity contribution is 5.84. The normalized spacial score (nSPS) is 19.7. The van der Waals surface area contributed by atoms with Crippen molar-refractivity contribution in [1.29, 1.82) is 0 Å². The maximum Gasteiger partial charge on any atom is 0.163 e. The number of nitrogens with zero attached hydrogens (tertiary/aromatic N) is 3. The SMILES string of the molecule is CC(C(N)=NO)N1CCN(Cc2cccc(F)c2F)CC1.